The first-order valence-corrected chi connectivity index (χ1v) is 11.6. The van der Waals surface area contributed by atoms with Crippen LogP contribution in [-0.4, -0.2) is 57.1 Å². The molecule has 2 fully saturated rings. The summed E-state index contributed by atoms with van der Waals surface area (Å²) >= 11 is 0. The molecule has 7 nitrogen and oxygen atoms in total. The first-order chi connectivity index (χ1) is 13.5. The predicted octanol–water partition coefficient (Wildman–Crippen LogP) is 2.02. The highest BCUT2D eigenvalue weighted by molar-refractivity contribution is 7.89. The molecule has 1 amide bonds. The fourth-order valence-corrected chi connectivity index (χ4v) is 5.74. The summed E-state index contributed by atoms with van der Waals surface area (Å²) in [7, 11) is -3.57. The zero-order valence-corrected chi connectivity index (χ0v) is 17.0. The summed E-state index contributed by atoms with van der Waals surface area (Å²) in [5, 5.41) is 3.12. The number of amides is 1. The molecule has 1 aromatic rings. The number of carbonyl (C=O) groups is 1. The zero-order valence-electron chi connectivity index (χ0n) is 16.2. The summed E-state index contributed by atoms with van der Waals surface area (Å²) in [6.07, 6.45) is 4.94. The molecule has 0 bridgehead atoms. The number of rotatable bonds is 4. The smallest absolute Gasteiger partial charge is 0.261 e. The topological polar surface area (TPSA) is 84.9 Å². The lowest BCUT2D eigenvalue weighted by molar-refractivity contribution is -0.128. The minimum atomic E-state index is -3.57. The maximum absolute atomic E-state index is 12.9. The number of sulfonamides is 1. The number of fused-ring (bicyclic) bond motifs is 1. The number of hydrogen-bond donors (Lipinski definition) is 1. The Morgan fingerprint density at radius 3 is 2.57 bits per heavy atom. The van der Waals surface area contributed by atoms with Gasteiger partial charge in [0.05, 0.1) is 18.1 Å². The summed E-state index contributed by atoms with van der Waals surface area (Å²) in [6.45, 7) is 3.46. The van der Waals surface area contributed by atoms with Crippen LogP contribution in [0.5, 0.6) is 5.75 Å². The minimum Gasteiger partial charge on any atom is -0.480 e. The van der Waals surface area contributed by atoms with Crippen molar-refractivity contribution in [1.82, 2.24) is 9.62 Å². The van der Waals surface area contributed by atoms with Crippen LogP contribution >= 0.6 is 0 Å². The van der Waals surface area contributed by atoms with Gasteiger partial charge in [-0.15, -0.1) is 0 Å². The molecule has 1 aliphatic carbocycles. The molecular weight excluding hydrogens is 380 g/mol. The maximum Gasteiger partial charge on any atom is 0.261 e. The second kappa shape index (κ2) is 8.00. The van der Waals surface area contributed by atoms with E-state index in [9.17, 15) is 13.2 Å². The van der Waals surface area contributed by atoms with Crippen LogP contribution in [0.3, 0.4) is 0 Å². The van der Waals surface area contributed by atoms with E-state index < -0.39 is 16.1 Å². The number of nitrogens with zero attached hydrogens (tertiary/aromatic N) is 1. The zero-order chi connectivity index (χ0) is 19.7. The van der Waals surface area contributed by atoms with Gasteiger partial charge >= 0.3 is 0 Å². The number of benzene rings is 1. The van der Waals surface area contributed by atoms with Crippen LogP contribution in [0.15, 0.2) is 23.1 Å². The van der Waals surface area contributed by atoms with Crippen LogP contribution in [0.4, 0.5) is 0 Å². The second-order valence-electron chi connectivity index (χ2n) is 7.89. The Morgan fingerprint density at radius 2 is 1.86 bits per heavy atom. The normalized spacial score (nSPS) is 26.5. The van der Waals surface area contributed by atoms with E-state index in [1.54, 1.807) is 18.2 Å². The lowest BCUT2D eigenvalue weighted by Gasteiger charge is -2.26. The molecule has 0 spiro atoms. The molecule has 2 atom stereocenters. The molecule has 2 heterocycles. The summed E-state index contributed by atoms with van der Waals surface area (Å²) in [6, 6.07) is 5.13. The van der Waals surface area contributed by atoms with Crippen molar-refractivity contribution in [3.63, 3.8) is 0 Å². The highest BCUT2D eigenvalue weighted by atomic mass is 32.2. The van der Waals surface area contributed by atoms with Crippen molar-refractivity contribution in [2.24, 2.45) is 0 Å². The average Bonchev–Trinajstić information content (AvgIpc) is 3.06. The Kier molecular flexibility index (Phi) is 5.62. The van der Waals surface area contributed by atoms with E-state index in [-0.39, 0.29) is 22.8 Å². The summed E-state index contributed by atoms with van der Waals surface area (Å²) in [4.78, 5) is 13.0. The van der Waals surface area contributed by atoms with Crippen LogP contribution in [0, 0.1) is 0 Å². The van der Waals surface area contributed by atoms with Gasteiger partial charge in [0.2, 0.25) is 10.0 Å². The van der Waals surface area contributed by atoms with Crippen LogP contribution in [-0.2, 0) is 19.6 Å². The monoisotopic (exact) mass is 408 g/mol. The van der Waals surface area contributed by atoms with Gasteiger partial charge in [0, 0.05) is 30.6 Å². The van der Waals surface area contributed by atoms with E-state index in [1.165, 1.54) is 10.7 Å². The molecule has 1 N–H and O–H groups in total. The molecule has 0 aromatic heterocycles. The second-order valence-corrected chi connectivity index (χ2v) is 9.82. The van der Waals surface area contributed by atoms with Crippen molar-refractivity contribution in [3.05, 3.63) is 23.8 Å². The van der Waals surface area contributed by atoms with Gasteiger partial charge in [0.15, 0.2) is 6.10 Å². The Hall–Kier alpha value is -1.64. The minimum absolute atomic E-state index is 0.104. The Balaban J connectivity index is 1.50. The lowest BCUT2D eigenvalue weighted by atomic mass is 9.94. The van der Waals surface area contributed by atoms with Gasteiger partial charge in [-0.25, -0.2) is 8.42 Å². The number of nitrogens with one attached hydrogen (secondary N) is 1. The Labute approximate surface area is 166 Å². The van der Waals surface area contributed by atoms with Crippen LogP contribution in [0.2, 0.25) is 0 Å². The fourth-order valence-electron chi connectivity index (χ4n) is 4.30. The maximum atomic E-state index is 12.9. The van der Waals surface area contributed by atoms with Gasteiger partial charge in [-0.3, -0.25) is 4.79 Å². The van der Waals surface area contributed by atoms with Crippen molar-refractivity contribution in [3.8, 4) is 5.75 Å². The van der Waals surface area contributed by atoms with E-state index >= 15 is 0 Å². The largest absolute Gasteiger partial charge is 0.480 e. The van der Waals surface area contributed by atoms with Gasteiger partial charge in [0.1, 0.15) is 5.75 Å². The molecule has 1 saturated heterocycles. The third-order valence-electron chi connectivity index (χ3n) is 6.00. The van der Waals surface area contributed by atoms with Crippen LogP contribution < -0.4 is 10.1 Å². The molecular formula is C20H28N2O5S. The van der Waals surface area contributed by atoms with Crippen LogP contribution in [0.25, 0.3) is 0 Å². The number of carbonyl (C=O) groups excluding carboxylic acids is 1. The van der Waals surface area contributed by atoms with E-state index in [2.05, 4.69) is 5.32 Å². The molecule has 4 rings (SSSR count). The standard InChI is InChI=1S/C20H28N2O5S/c1-14-17-13-16(28(24,25)22-9-11-26-12-10-22)7-8-18(17)27-19(14)20(23)21-15-5-3-2-4-6-15/h7-8,13-15,19H,2-6,9-12H2,1H3,(H,21,23). The average molecular weight is 409 g/mol. The van der Waals surface area contributed by atoms with Gasteiger partial charge in [-0.05, 0) is 31.0 Å². The highest BCUT2D eigenvalue weighted by Gasteiger charge is 2.38. The van der Waals surface area contributed by atoms with Gasteiger partial charge in [-0.2, -0.15) is 4.31 Å². The van der Waals surface area contributed by atoms with Crippen molar-refractivity contribution in [2.75, 3.05) is 26.3 Å². The SMILES string of the molecule is CC1c2cc(S(=O)(=O)N3CCOCC3)ccc2OC1C(=O)NC1CCCCC1. The lowest BCUT2D eigenvalue weighted by Crippen LogP contribution is -2.44. The van der Waals surface area contributed by atoms with Gasteiger partial charge in [0.25, 0.3) is 5.91 Å². The Morgan fingerprint density at radius 1 is 1.14 bits per heavy atom. The highest BCUT2D eigenvalue weighted by Crippen LogP contribution is 2.40. The number of morpholine rings is 1. The molecule has 28 heavy (non-hydrogen) atoms. The first-order valence-electron chi connectivity index (χ1n) is 10.2. The van der Waals surface area contributed by atoms with Crippen molar-refractivity contribution in [2.45, 2.75) is 62.0 Å². The summed E-state index contributed by atoms with van der Waals surface area (Å²) in [5.41, 5.74) is 0.776. The van der Waals surface area contributed by atoms with Crippen molar-refractivity contribution >= 4 is 15.9 Å². The van der Waals surface area contributed by atoms with E-state index in [1.807, 2.05) is 6.92 Å². The van der Waals surface area contributed by atoms with Gasteiger partial charge in [-0.1, -0.05) is 26.2 Å². The number of ether oxygens (including phenoxy) is 2. The van der Waals surface area contributed by atoms with Crippen molar-refractivity contribution < 1.29 is 22.7 Å². The molecule has 1 saturated carbocycles. The molecule has 2 aliphatic heterocycles. The third kappa shape index (κ3) is 3.77. The van der Waals surface area contributed by atoms with E-state index in [0.29, 0.717) is 32.1 Å². The fraction of sp³-hybridized carbons (Fsp3) is 0.650. The molecule has 8 heteroatoms. The first kappa shape index (κ1) is 19.7. The summed E-state index contributed by atoms with van der Waals surface area (Å²) in [5.74, 6) is 0.295. The van der Waals surface area contributed by atoms with E-state index in [4.69, 9.17) is 9.47 Å². The van der Waals surface area contributed by atoms with E-state index in [0.717, 1.165) is 31.2 Å². The molecule has 1 aromatic carbocycles. The quantitative estimate of drug-likeness (QED) is 0.824. The van der Waals surface area contributed by atoms with Gasteiger partial charge < -0.3 is 14.8 Å². The Bertz CT molecular complexity index is 829. The van der Waals surface area contributed by atoms with Crippen LogP contribution in [0.1, 0.15) is 50.5 Å². The predicted molar refractivity (Wildman–Crippen MR) is 104 cm³/mol. The third-order valence-corrected chi connectivity index (χ3v) is 7.89. The molecule has 2 unspecified atom stereocenters. The van der Waals surface area contributed by atoms with Crippen molar-refractivity contribution in [1.29, 1.82) is 0 Å². The number of hydrogen-bond acceptors (Lipinski definition) is 5. The molecule has 0 radical (unpaired) electrons. The molecule has 3 aliphatic rings. The molecule has 154 valence electrons. The summed E-state index contributed by atoms with van der Waals surface area (Å²) < 4.78 is 38.4.